The Hall–Kier alpha value is 0.210. The van der Waals surface area contributed by atoms with Crippen LogP contribution in [-0.4, -0.2) is 44.1 Å². The maximum atomic E-state index is 5.38. The Morgan fingerprint density at radius 3 is 2.08 bits per heavy atom. The Morgan fingerprint density at radius 2 is 1.85 bits per heavy atom. The molecule has 0 radical (unpaired) electrons. The molecule has 0 N–H and O–H groups in total. The molecule has 2 nitrogen and oxygen atoms in total. The summed E-state index contributed by atoms with van der Waals surface area (Å²) in [4.78, 5) is 2.27. The summed E-state index contributed by atoms with van der Waals surface area (Å²) in [6.45, 7) is 6.19. The Balaban J connectivity index is 0.000000226. The number of ether oxygens (including phenoxy) is 1. The summed E-state index contributed by atoms with van der Waals surface area (Å²) < 4.78 is 5.10. The molecule has 0 aromatic carbocycles. The summed E-state index contributed by atoms with van der Waals surface area (Å²) in [7, 11) is 2.11. The van der Waals surface area contributed by atoms with Crippen LogP contribution in [0.25, 0.3) is 0 Å². The summed E-state index contributed by atoms with van der Waals surface area (Å²) in [5.41, 5.74) is 0. The zero-order valence-corrected chi connectivity index (χ0v) is 9.65. The van der Waals surface area contributed by atoms with Crippen LogP contribution >= 0.6 is 11.6 Å². The van der Waals surface area contributed by atoms with Gasteiger partial charge in [0.1, 0.15) is 0 Å². The third-order valence-electron chi connectivity index (χ3n) is 1.97. The minimum atomic E-state index is 0.827. The van der Waals surface area contributed by atoms with Gasteiger partial charge in [-0.2, -0.15) is 0 Å². The first-order valence-electron chi connectivity index (χ1n) is 5.13. The second-order valence-electron chi connectivity index (χ2n) is 3.31. The van der Waals surface area contributed by atoms with Gasteiger partial charge in [-0.3, -0.25) is 0 Å². The van der Waals surface area contributed by atoms with Crippen LogP contribution in [0.2, 0.25) is 0 Å². The van der Waals surface area contributed by atoms with E-state index in [9.17, 15) is 0 Å². The highest BCUT2D eigenvalue weighted by molar-refractivity contribution is 6.17. The van der Waals surface area contributed by atoms with Gasteiger partial charge in [0.25, 0.3) is 0 Å². The fraction of sp³-hybridized carbons (Fsp3) is 1.00. The van der Waals surface area contributed by atoms with E-state index < -0.39 is 0 Å². The predicted molar refractivity (Wildman–Crippen MR) is 58.6 cm³/mol. The molecule has 13 heavy (non-hydrogen) atoms. The number of likely N-dealkylation sites (N-methyl/N-ethyl adjacent to an activating group) is 1. The molecular weight excluding hydrogens is 186 g/mol. The number of nitrogens with zero attached hydrogens (tertiary/aromatic N) is 1. The normalized spacial score (nSPS) is 17.8. The van der Waals surface area contributed by atoms with Crippen molar-refractivity contribution in [2.24, 2.45) is 0 Å². The Kier molecular flexibility index (Phi) is 10.5. The van der Waals surface area contributed by atoms with Gasteiger partial charge < -0.3 is 9.64 Å². The van der Waals surface area contributed by atoms with Crippen LogP contribution in [0, 0.1) is 0 Å². The first-order chi connectivity index (χ1) is 6.31. The van der Waals surface area contributed by atoms with Crippen LogP contribution in [0.3, 0.4) is 0 Å². The van der Waals surface area contributed by atoms with E-state index in [1.54, 1.807) is 0 Å². The lowest BCUT2D eigenvalue weighted by Gasteiger charge is -2.21. The molecular formula is C10H22ClNO. The van der Waals surface area contributed by atoms with Crippen LogP contribution in [0.5, 0.6) is 0 Å². The van der Waals surface area contributed by atoms with Crippen molar-refractivity contribution in [3.63, 3.8) is 0 Å². The van der Waals surface area contributed by atoms with Crippen LogP contribution in [0.4, 0.5) is 0 Å². The van der Waals surface area contributed by atoms with Gasteiger partial charge in [0.2, 0.25) is 0 Å². The highest BCUT2D eigenvalue weighted by Crippen LogP contribution is 1.93. The molecule has 0 aliphatic carbocycles. The molecule has 80 valence electrons. The SMILES string of the molecule is CCCCCCl.CN1CCOCC1. The van der Waals surface area contributed by atoms with Crippen molar-refractivity contribution in [1.29, 1.82) is 0 Å². The predicted octanol–water partition coefficient (Wildman–Crippen LogP) is 2.36. The fourth-order valence-corrected chi connectivity index (χ4v) is 1.19. The topological polar surface area (TPSA) is 12.5 Å². The van der Waals surface area contributed by atoms with Gasteiger partial charge in [-0.25, -0.2) is 0 Å². The molecule has 1 fully saturated rings. The first-order valence-corrected chi connectivity index (χ1v) is 5.67. The summed E-state index contributed by atoms with van der Waals surface area (Å²) in [5, 5.41) is 0. The van der Waals surface area contributed by atoms with Gasteiger partial charge in [0.15, 0.2) is 0 Å². The van der Waals surface area contributed by atoms with E-state index in [0.717, 1.165) is 32.2 Å². The maximum Gasteiger partial charge on any atom is 0.0594 e. The summed E-state index contributed by atoms with van der Waals surface area (Å²) in [6.07, 6.45) is 3.73. The number of unbranched alkanes of at least 4 members (excludes halogenated alkanes) is 2. The van der Waals surface area contributed by atoms with Gasteiger partial charge in [0, 0.05) is 19.0 Å². The van der Waals surface area contributed by atoms with Crippen LogP contribution in [-0.2, 0) is 4.74 Å². The third-order valence-corrected chi connectivity index (χ3v) is 2.24. The van der Waals surface area contributed by atoms with Gasteiger partial charge in [-0.05, 0) is 13.5 Å². The largest absolute Gasteiger partial charge is 0.379 e. The number of rotatable bonds is 3. The molecule has 0 unspecified atom stereocenters. The fourth-order valence-electron chi connectivity index (χ4n) is 0.999. The lowest BCUT2D eigenvalue weighted by molar-refractivity contribution is 0.0503. The quantitative estimate of drug-likeness (QED) is 0.521. The van der Waals surface area contributed by atoms with E-state index in [0.29, 0.717) is 0 Å². The molecule has 1 heterocycles. The highest BCUT2D eigenvalue weighted by Gasteiger charge is 2.02. The molecule has 1 saturated heterocycles. The number of alkyl halides is 1. The highest BCUT2D eigenvalue weighted by atomic mass is 35.5. The standard InChI is InChI=1S/C5H11Cl.C5H11NO/c1-2-3-4-5-6;1-6-2-4-7-5-3-6/h2-5H2,1H3;2-5H2,1H3. The van der Waals surface area contributed by atoms with Gasteiger partial charge in [-0.15, -0.1) is 11.6 Å². The molecule has 0 aromatic heterocycles. The number of morpholine rings is 1. The van der Waals surface area contributed by atoms with E-state index in [4.69, 9.17) is 16.3 Å². The van der Waals surface area contributed by atoms with Gasteiger partial charge >= 0.3 is 0 Å². The van der Waals surface area contributed by atoms with Gasteiger partial charge in [-0.1, -0.05) is 19.8 Å². The van der Waals surface area contributed by atoms with Crippen LogP contribution < -0.4 is 0 Å². The van der Waals surface area contributed by atoms with Crippen molar-refractivity contribution in [3.05, 3.63) is 0 Å². The number of halogens is 1. The molecule has 0 bridgehead atoms. The molecule has 0 aromatic rings. The number of hydrogen-bond acceptors (Lipinski definition) is 2. The second-order valence-corrected chi connectivity index (χ2v) is 3.69. The molecule has 0 atom stereocenters. The Labute approximate surface area is 87.2 Å². The lowest BCUT2D eigenvalue weighted by atomic mass is 10.3. The second kappa shape index (κ2) is 10.3. The van der Waals surface area contributed by atoms with E-state index in [1.165, 1.54) is 19.3 Å². The van der Waals surface area contributed by atoms with E-state index in [2.05, 4.69) is 18.9 Å². The van der Waals surface area contributed by atoms with Crippen molar-refractivity contribution < 1.29 is 4.74 Å². The molecule has 3 heteroatoms. The first kappa shape index (κ1) is 13.2. The average Bonchev–Trinajstić information content (AvgIpc) is 2.17. The lowest BCUT2D eigenvalue weighted by Crippen LogP contribution is -2.32. The molecule has 1 aliphatic rings. The molecule has 0 spiro atoms. The third kappa shape index (κ3) is 10.1. The Morgan fingerprint density at radius 1 is 1.23 bits per heavy atom. The zero-order chi connectivity index (χ0) is 9.94. The van der Waals surface area contributed by atoms with E-state index in [-0.39, 0.29) is 0 Å². The van der Waals surface area contributed by atoms with Crippen molar-refractivity contribution >= 4 is 11.6 Å². The van der Waals surface area contributed by atoms with Gasteiger partial charge in [0.05, 0.1) is 13.2 Å². The average molecular weight is 208 g/mol. The van der Waals surface area contributed by atoms with E-state index in [1.807, 2.05) is 0 Å². The summed E-state index contributed by atoms with van der Waals surface area (Å²) >= 11 is 5.38. The van der Waals surface area contributed by atoms with Crippen LogP contribution in [0.15, 0.2) is 0 Å². The molecule has 1 aliphatic heterocycles. The molecule has 0 saturated carbocycles. The van der Waals surface area contributed by atoms with Crippen LogP contribution in [0.1, 0.15) is 26.2 Å². The summed E-state index contributed by atoms with van der Waals surface area (Å²) in [6, 6.07) is 0. The minimum absolute atomic E-state index is 0.827. The van der Waals surface area contributed by atoms with Crippen molar-refractivity contribution in [3.8, 4) is 0 Å². The van der Waals surface area contributed by atoms with Crippen molar-refractivity contribution in [2.75, 3.05) is 39.2 Å². The minimum Gasteiger partial charge on any atom is -0.379 e. The maximum absolute atomic E-state index is 5.38. The molecule has 1 rings (SSSR count). The number of hydrogen-bond donors (Lipinski definition) is 0. The smallest absolute Gasteiger partial charge is 0.0594 e. The Bertz CT molecular complexity index is 90.9. The molecule has 0 amide bonds. The summed E-state index contributed by atoms with van der Waals surface area (Å²) in [5.74, 6) is 0.827. The van der Waals surface area contributed by atoms with E-state index >= 15 is 0 Å². The monoisotopic (exact) mass is 207 g/mol. The van der Waals surface area contributed by atoms with Crippen molar-refractivity contribution in [1.82, 2.24) is 4.90 Å². The zero-order valence-electron chi connectivity index (χ0n) is 8.89. The van der Waals surface area contributed by atoms with Crippen molar-refractivity contribution in [2.45, 2.75) is 26.2 Å².